The first-order valence-electron chi connectivity index (χ1n) is 8.71. The number of aromatic nitrogens is 1. The first-order valence-corrected chi connectivity index (χ1v) is 10.6. The fourth-order valence-electron chi connectivity index (χ4n) is 3.64. The van der Waals surface area contributed by atoms with E-state index in [0.29, 0.717) is 6.42 Å². The minimum atomic E-state index is -0.152. The Bertz CT molecular complexity index is 777. The van der Waals surface area contributed by atoms with Gasteiger partial charge in [0.25, 0.3) is 0 Å². The number of rotatable bonds is 8. The smallest absolute Gasteiger partial charge is 0.137 e. The molecule has 0 bridgehead atoms. The maximum atomic E-state index is 12.5. The van der Waals surface area contributed by atoms with Gasteiger partial charge in [-0.25, -0.2) is 11.3 Å². The number of benzene rings is 1. The monoisotopic (exact) mass is 474 g/mol. The molecule has 1 unspecified atom stereocenters. The molecule has 1 aliphatic rings. The van der Waals surface area contributed by atoms with Gasteiger partial charge in [0.2, 0.25) is 0 Å². The van der Waals surface area contributed by atoms with Crippen LogP contribution in [-0.2, 0) is 43.9 Å². The van der Waals surface area contributed by atoms with Crippen LogP contribution in [-0.4, -0.2) is 23.6 Å². The van der Waals surface area contributed by atoms with E-state index in [-0.39, 0.29) is 56.2 Å². The van der Waals surface area contributed by atoms with Crippen LogP contribution < -0.4 is 4.74 Å². The summed E-state index contributed by atoms with van der Waals surface area (Å²) in [4.78, 5) is 16.7. The molecule has 0 aliphatic heterocycles. The molecule has 3 atom stereocenters. The summed E-state index contributed by atoms with van der Waals surface area (Å²) in [5.74, 6) is 1.94. The average molecular weight is 474 g/mol. The van der Waals surface area contributed by atoms with Crippen molar-refractivity contribution in [1.29, 1.82) is 5.26 Å². The van der Waals surface area contributed by atoms with Crippen molar-refractivity contribution in [3.63, 3.8) is 0 Å². The van der Waals surface area contributed by atoms with Gasteiger partial charge in [0.1, 0.15) is 11.5 Å². The van der Waals surface area contributed by atoms with Gasteiger partial charge in [-0.1, -0.05) is 17.5 Å². The molecule has 1 fully saturated rings. The number of aryl methyl sites for hydroxylation is 1. The van der Waals surface area contributed by atoms with Crippen molar-refractivity contribution in [2.24, 2.45) is 17.8 Å². The number of Topliss-reactive ketones (excluding diaryl/α,β-unsaturated/α-hetero) is 1. The quantitative estimate of drug-likeness (QED) is 0.419. The van der Waals surface area contributed by atoms with Crippen LogP contribution in [0.5, 0.6) is 5.75 Å². The zero-order chi connectivity index (χ0) is 18.4. The number of carbonyl (C=O) groups is 1. The molecule has 3 rings (SSSR count). The largest absolute Gasteiger partial charge is 0.497 e. The minimum absolute atomic E-state index is 0. The Morgan fingerprint density at radius 1 is 1.44 bits per heavy atom. The van der Waals surface area contributed by atoms with Gasteiger partial charge in [-0.15, -0.1) is 6.20 Å². The van der Waals surface area contributed by atoms with Crippen molar-refractivity contribution in [3.8, 4) is 11.8 Å². The summed E-state index contributed by atoms with van der Waals surface area (Å²) in [6.07, 6.45) is 5.72. The fourth-order valence-corrected chi connectivity index (χ4v) is 5.30. The Labute approximate surface area is 194 Å². The first-order chi connectivity index (χ1) is 12.7. The Morgan fingerprint density at radius 2 is 2.30 bits per heavy atom. The molecule has 1 aromatic heterocycles. The molecule has 0 saturated heterocycles. The molecule has 1 heterocycles. The molecule has 1 saturated carbocycles. The second-order valence-electron chi connectivity index (χ2n) is 6.45. The first kappa shape index (κ1) is 22.6. The number of hydrogen-bond donors (Lipinski definition) is 0. The van der Waals surface area contributed by atoms with Gasteiger partial charge in [-0.3, -0.25) is 4.79 Å². The maximum Gasteiger partial charge on any atom is 0.137 e. The molecule has 0 N–H and O–H groups in total. The molecule has 4 nitrogen and oxygen atoms in total. The minimum Gasteiger partial charge on any atom is -0.497 e. The van der Waals surface area contributed by atoms with Crippen LogP contribution in [0.1, 0.15) is 24.8 Å². The van der Waals surface area contributed by atoms with Crippen LogP contribution >= 0.6 is 23.1 Å². The van der Waals surface area contributed by atoms with Crippen LogP contribution in [0.3, 0.4) is 0 Å². The van der Waals surface area contributed by atoms with Crippen LogP contribution in [0.15, 0.2) is 34.0 Å². The third-order valence-electron chi connectivity index (χ3n) is 4.96. The number of methoxy groups -OCH3 is 1. The van der Waals surface area contributed by atoms with E-state index in [9.17, 15) is 10.1 Å². The number of hydrogen-bond acceptors (Lipinski definition) is 6. The number of thioether (sulfide) groups is 1. The molecule has 0 amide bonds. The zero-order valence-corrected chi connectivity index (χ0v) is 19.7. The van der Waals surface area contributed by atoms with Gasteiger partial charge in [0, 0.05) is 45.0 Å². The summed E-state index contributed by atoms with van der Waals surface area (Å²) in [5, 5.41) is 11.3. The zero-order valence-electron chi connectivity index (χ0n) is 15.3. The van der Waals surface area contributed by atoms with Gasteiger partial charge < -0.3 is 9.72 Å². The Hall–Kier alpha value is -0.736. The number of nitrogens with zero attached hydrogens (tertiary/aromatic N) is 2. The molecule has 7 heteroatoms. The number of thiazole rings is 1. The normalized spacial score (nSPS) is 21.5. The van der Waals surface area contributed by atoms with E-state index in [4.69, 9.17) is 4.74 Å². The van der Waals surface area contributed by atoms with Gasteiger partial charge in [0.15, 0.2) is 0 Å². The maximum absolute atomic E-state index is 12.5. The molecule has 27 heavy (non-hydrogen) atoms. The number of carbonyl (C=O) groups excluding carboxylic acids is 1. The predicted molar refractivity (Wildman–Crippen MR) is 103 cm³/mol. The average Bonchev–Trinajstić information content (AvgIpc) is 3.28. The molecule has 1 aliphatic carbocycles. The summed E-state index contributed by atoms with van der Waals surface area (Å²) in [5.41, 5.74) is 1.17. The van der Waals surface area contributed by atoms with Crippen molar-refractivity contribution >= 4 is 28.9 Å². The summed E-state index contributed by atoms with van der Waals surface area (Å²) < 4.78 is 6.27. The van der Waals surface area contributed by atoms with E-state index < -0.39 is 0 Å². The van der Waals surface area contributed by atoms with Gasteiger partial charge >= 0.3 is 0 Å². The van der Waals surface area contributed by atoms with Crippen LogP contribution in [0.2, 0.25) is 0 Å². The molecule has 2 aromatic rings. The van der Waals surface area contributed by atoms with Gasteiger partial charge in [-0.05, 0) is 53.0 Å². The van der Waals surface area contributed by atoms with Crippen molar-refractivity contribution in [3.05, 3.63) is 41.4 Å². The van der Waals surface area contributed by atoms with Crippen molar-refractivity contribution in [2.75, 3.05) is 12.9 Å². The third-order valence-corrected chi connectivity index (χ3v) is 6.89. The number of ketones is 1. The number of nitriles is 1. The standard InChI is InChI=1S/C20H21N2O2S2.Y/c1-24-16-4-2-3-14(11-16)5-6-18-17(15(13-21)12-19(18)23)7-9-25-20-22-8-10-26-20;/h2-4,10-11,15,17-18H,5-7,9,12H2,1H3;/q-1;/t15?,17-,18+;/m0./s1. The van der Waals surface area contributed by atoms with E-state index in [1.54, 1.807) is 30.2 Å². The van der Waals surface area contributed by atoms with Crippen molar-refractivity contribution < 1.29 is 42.2 Å². The van der Waals surface area contributed by atoms with E-state index in [1.807, 2.05) is 23.6 Å². The van der Waals surface area contributed by atoms with Crippen LogP contribution in [0, 0.1) is 35.3 Å². The van der Waals surface area contributed by atoms with Gasteiger partial charge in [-0.2, -0.15) is 17.0 Å². The molecule has 1 aromatic carbocycles. The van der Waals surface area contributed by atoms with Crippen LogP contribution in [0.4, 0.5) is 0 Å². The topological polar surface area (TPSA) is 63.0 Å². The van der Waals surface area contributed by atoms with E-state index in [1.165, 1.54) is 5.56 Å². The van der Waals surface area contributed by atoms with E-state index >= 15 is 0 Å². The molecule has 139 valence electrons. The number of ether oxygens (including phenoxy) is 1. The van der Waals surface area contributed by atoms with E-state index in [2.05, 4.69) is 23.3 Å². The summed E-state index contributed by atoms with van der Waals surface area (Å²) >= 11 is 3.26. The summed E-state index contributed by atoms with van der Waals surface area (Å²) in [6.45, 7) is 0. The van der Waals surface area contributed by atoms with E-state index in [0.717, 1.165) is 35.1 Å². The summed E-state index contributed by atoms with van der Waals surface area (Å²) in [6, 6.07) is 10.3. The van der Waals surface area contributed by atoms with Gasteiger partial charge in [0.05, 0.1) is 19.1 Å². The Morgan fingerprint density at radius 3 is 3.00 bits per heavy atom. The second kappa shape index (κ2) is 11.3. The molecule has 1 radical (unpaired) electrons. The Balaban J connectivity index is 0.00000261. The molecular weight excluding hydrogens is 453 g/mol. The van der Waals surface area contributed by atoms with Crippen molar-refractivity contribution in [2.45, 2.75) is 30.0 Å². The van der Waals surface area contributed by atoms with Crippen molar-refractivity contribution in [1.82, 2.24) is 4.98 Å². The molecule has 0 spiro atoms. The Kier molecular flexibility index (Phi) is 9.45. The SMILES string of the molecule is COc1cccc(CC[C@H]2C(=O)CC(C#N)[C@@H]2CCSc2n[c-]cs2)c1.[Y]. The predicted octanol–water partition coefficient (Wildman–Crippen LogP) is 4.41. The third kappa shape index (κ3) is 6.12. The second-order valence-corrected chi connectivity index (χ2v) is 8.65. The fraction of sp³-hybridized carbons (Fsp3) is 0.450. The van der Waals surface area contributed by atoms with Crippen LogP contribution in [0.25, 0.3) is 0 Å². The summed E-state index contributed by atoms with van der Waals surface area (Å²) in [7, 11) is 1.66. The molecular formula is C20H21N2O2S2Y-.